The van der Waals surface area contributed by atoms with E-state index >= 15 is 0 Å². The van der Waals surface area contributed by atoms with Crippen molar-refractivity contribution in [3.63, 3.8) is 0 Å². The fourth-order valence-corrected chi connectivity index (χ4v) is 2.32. The molecule has 0 amide bonds. The summed E-state index contributed by atoms with van der Waals surface area (Å²) in [5.74, 6) is 0.894. The molecule has 2 N–H and O–H groups in total. The van der Waals surface area contributed by atoms with Gasteiger partial charge in [0.1, 0.15) is 5.75 Å². The first-order valence-corrected chi connectivity index (χ1v) is 7.94. The Morgan fingerprint density at radius 2 is 2.00 bits per heavy atom. The van der Waals surface area contributed by atoms with Crippen molar-refractivity contribution in [3.8, 4) is 5.75 Å². The normalized spacial score (nSPS) is 15.0. The van der Waals surface area contributed by atoms with Gasteiger partial charge in [0.15, 0.2) is 12.6 Å². The number of hydrogen-bond acceptors (Lipinski definition) is 2. The van der Waals surface area contributed by atoms with E-state index in [-0.39, 0.29) is 29.7 Å². The van der Waals surface area contributed by atoms with Crippen molar-refractivity contribution in [1.29, 1.82) is 0 Å². The van der Waals surface area contributed by atoms with Crippen molar-refractivity contribution in [3.05, 3.63) is 42.0 Å². The number of rotatable bonds is 6. The van der Waals surface area contributed by atoms with Gasteiger partial charge in [0.2, 0.25) is 0 Å². The SMILES string of the molecule is CCNC(=NCc1cccc(OCC(F)(F)F)c1)NC1CC=CC1.I. The second-order valence-electron chi connectivity index (χ2n) is 5.53. The predicted molar refractivity (Wildman–Crippen MR) is 104 cm³/mol. The molecule has 25 heavy (non-hydrogen) atoms. The van der Waals surface area contributed by atoms with Crippen LogP contribution in [0.5, 0.6) is 5.75 Å². The topological polar surface area (TPSA) is 45.7 Å². The molecule has 0 spiro atoms. The van der Waals surface area contributed by atoms with Crippen LogP contribution in [0.15, 0.2) is 41.4 Å². The summed E-state index contributed by atoms with van der Waals surface area (Å²) < 4.78 is 41.4. The molecule has 4 nitrogen and oxygen atoms in total. The van der Waals surface area contributed by atoms with E-state index in [1.54, 1.807) is 12.1 Å². The smallest absolute Gasteiger partial charge is 0.422 e. The van der Waals surface area contributed by atoms with Crippen LogP contribution in [-0.4, -0.2) is 31.3 Å². The number of aliphatic imine (C=N–C) groups is 1. The van der Waals surface area contributed by atoms with Crippen molar-refractivity contribution in [1.82, 2.24) is 10.6 Å². The summed E-state index contributed by atoms with van der Waals surface area (Å²) in [6, 6.07) is 6.90. The zero-order valence-corrected chi connectivity index (χ0v) is 16.3. The minimum absolute atomic E-state index is 0. The summed E-state index contributed by atoms with van der Waals surface area (Å²) in [7, 11) is 0. The van der Waals surface area contributed by atoms with E-state index in [1.807, 2.05) is 13.0 Å². The Hall–Kier alpha value is -1.45. The Bertz CT molecular complexity index is 583. The van der Waals surface area contributed by atoms with E-state index in [0.717, 1.165) is 24.9 Å². The molecule has 0 fully saturated rings. The third kappa shape index (κ3) is 8.46. The van der Waals surface area contributed by atoms with Crippen molar-refractivity contribution < 1.29 is 17.9 Å². The van der Waals surface area contributed by atoms with Crippen LogP contribution in [0.2, 0.25) is 0 Å². The minimum atomic E-state index is -4.34. The Kier molecular flexibility index (Phi) is 9.09. The first-order valence-electron chi connectivity index (χ1n) is 7.94. The van der Waals surface area contributed by atoms with Crippen LogP contribution in [-0.2, 0) is 6.54 Å². The first kappa shape index (κ1) is 21.6. The minimum Gasteiger partial charge on any atom is -0.484 e. The highest BCUT2D eigenvalue weighted by Gasteiger charge is 2.28. The monoisotopic (exact) mass is 469 g/mol. The van der Waals surface area contributed by atoms with Crippen molar-refractivity contribution in [2.75, 3.05) is 13.2 Å². The number of nitrogens with zero attached hydrogens (tertiary/aromatic N) is 1. The molecule has 0 saturated carbocycles. The highest BCUT2D eigenvalue weighted by molar-refractivity contribution is 14.0. The van der Waals surface area contributed by atoms with E-state index in [0.29, 0.717) is 18.5 Å². The quantitative estimate of drug-likeness (QED) is 0.287. The van der Waals surface area contributed by atoms with Gasteiger partial charge in [-0.05, 0) is 37.5 Å². The zero-order valence-electron chi connectivity index (χ0n) is 14.0. The Morgan fingerprint density at radius 1 is 1.28 bits per heavy atom. The molecular weight excluding hydrogens is 446 g/mol. The van der Waals surface area contributed by atoms with Gasteiger partial charge >= 0.3 is 6.18 Å². The van der Waals surface area contributed by atoms with E-state index < -0.39 is 12.8 Å². The molecule has 0 radical (unpaired) electrons. The zero-order chi connectivity index (χ0) is 17.4. The molecule has 140 valence electrons. The Labute approximate surface area is 162 Å². The van der Waals surface area contributed by atoms with Crippen LogP contribution < -0.4 is 15.4 Å². The van der Waals surface area contributed by atoms with Gasteiger partial charge < -0.3 is 15.4 Å². The summed E-state index contributed by atoms with van der Waals surface area (Å²) in [6.45, 7) is 1.79. The third-order valence-electron chi connectivity index (χ3n) is 3.41. The molecule has 0 aliphatic heterocycles. The second kappa shape index (κ2) is 10.5. The first-order chi connectivity index (χ1) is 11.5. The average Bonchev–Trinajstić information content (AvgIpc) is 3.04. The van der Waals surface area contributed by atoms with E-state index in [1.165, 1.54) is 6.07 Å². The average molecular weight is 469 g/mol. The van der Waals surface area contributed by atoms with Crippen LogP contribution in [0, 0.1) is 0 Å². The van der Waals surface area contributed by atoms with Gasteiger partial charge in [0.05, 0.1) is 6.54 Å². The van der Waals surface area contributed by atoms with Gasteiger partial charge in [0, 0.05) is 12.6 Å². The lowest BCUT2D eigenvalue weighted by molar-refractivity contribution is -0.153. The largest absolute Gasteiger partial charge is 0.484 e. The van der Waals surface area contributed by atoms with E-state index in [2.05, 4.69) is 27.8 Å². The van der Waals surface area contributed by atoms with Crippen LogP contribution in [0.1, 0.15) is 25.3 Å². The van der Waals surface area contributed by atoms with Crippen molar-refractivity contribution in [2.45, 2.75) is 38.5 Å². The van der Waals surface area contributed by atoms with E-state index in [9.17, 15) is 13.2 Å². The highest BCUT2D eigenvalue weighted by atomic mass is 127. The third-order valence-corrected chi connectivity index (χ3v) is 3.41. The fourth-order valence-electron chi connectivity index (χ4n) is 2.32. The fraction of sp³-hybridized carbons (Fsp3) is 0.471. The summed E-state index contributed by atoms with van der Waals surface area (Å²) >= 11 is 0. The molecule has 8 heteroatoms. The number of benzene rings is 1. The standard InChI is InChI=1S/C17H22F3N3O.HI/c1-2-21-16(23-14-7-3-4-8-14)22-11-13-6-5-9-15(10-13)24-12-17(18,19)20;/h3-6,9-10,14H,2,7-8,11-12H2,1H3,(H2,21,22,23);1H. The molecule has 0 saturated heterocycles. The molecule has 0 aromatic heterocycles. The lowest BCUT2D eigenvalue weighted by Crippen LogP contribution is -2.42. The second-order valence-corrected chi connectivity index (χ2v) is 5.53. The van der Waals surface area contributed by atoms with Crippen molar-refractivity contribution in [2.24, 2.45) is 4.99 Å². The molecule has 2 rings (SSSR count). The maximum Gasteiger partial charge on any atom is 0.422 e. The maximum atomic E-state index is 12.2. The number of guanidine groups is 1. The number of halogens is 4. The van der Waals surface area contributed by atoms with Gasteiger partial charge in [-0.15, -0.1) is 24.0 Å². The van der Waals surface area contributed by atoms with Crippen LogP contribution in [0.25, 0.3) is 0 Å². The number of alkyl halides is 3. The summed E-state index contributed by atoms with van der Waals surface area (Å²) in [6.07, 6.45) is 1.84. The van der Waals surface area contributed by atoms with Gasteiger partial charge in [0.25, 0.3) is 0 Å². The predicted octanol–water partition coefficient (Wildman–Crippen LogP) is 4.02. The van der Waals surface area contributed by atoms with Gasteiger partial charge in [-0.1, -0.05) is 24.3 Å². The maximum absolute atomic E-state index is 12.2. The molecule has 1 aromatic carbocycles. The van der Waals surface area contributed by atoms with E-state index in [4.69, 9.17) is 4.74 Å². The van der Waals surface area contributed by atoms with Crippen LogP contribution in [0.4, 0.5) is 13.2 Å². The number of nitrogens with one attached hydrogen (secondary N) is 2. The summed E-state index contributed by atoms with van der Waals surface area (Å²) in [5, 5.41) is 6.51. The highest BCUT2D eigenvalue weighted by Crippen LogP contribution is 2.19. The summed E-state index contributed by atoms with van der Waals surface area (Å²) in [5.41, 5.74) is 0.788. The lowest BCUT2D eigenvalue weighted by atomic mass is 10.2. The molecule has 0 atom stereocenters. The molecule has 0 unspecified atom stereocenters. The molecule has 1 aliphatic carbocycles. The number of ether oxygens (including phenoxy) is 1. The molecule has 0 bridgehead atoms. The van der Waals surface area contributed by atoms with Crippen LogP contribution in [0.3, 0.4) is 0 Å². The Balaban J connectivity index is 0.00000312. The summed E-state index contributed by atoms with van der Waals surface area (Å²) in [4.78, 5) is 4.49. The Morgan fingerprint density at radius 3 is 2.64 bits per heavy atom. The molecule has 0 heterocycles. The van der Waals surface area contributed by atoms with Gasteiger partial charge in [-0.3, -0.25) is 0 Å². The lowest BCUT2D eigenvalue weighted by Gasteiger charge is -2.16. The van der Waals surface area contributed by atoms with Gasteiger partial charge in [-0.25, -0.2) is 4.99 Å². The molecule has 1 aliphatic rings. The van der Waals surface area contributed by atoms with Gasteiger partial charge in [-0.2, -0.15) is 13.2 Å². The molecular formula is C17H23F3IN3O. The van der Waals surface area contributed by atoms with Crippen molar-refractivity contribution >= 4 is 29.9 Å². The van der Waals surface area contributed by atoms with Crippen LogP contribution >= 0.6 is 24.0 Å². The molecule has 1 aromatic rings. The number of hydrogen-bond donors (Lipinski definition) is 2.